The molecule has 3 aromatic rings. The molecular formula is C18H18N4O2. The lowest BCUT2D eigenvalue weighted by Gasteiger charge is -2.12. The van der Waals surface area contributed by atoms with Crippen molar-refractivity contribution < 1.29 is 4.79 Å². The maximum absolute atomic E-state index is 12.3. The second-order valence-electron chi connectivity index (χ2n) is 5.58. The van der Waals surface area contributed by atoms with Crippen LogP contribution in [-0.2, 0) is 6.42 Å². The maximum atomic E-state index is 12.3. The summed E-state index contributed by atoms with van der Waals surface area (Å²) in [6, 6.07) is 16.0. The van der Waals surface area contributed by atoms with E-state index in [9.17, 15) is 9.59 Å². The zero-order valence-corrected chi connectivity index (χ0v) is 13.3. The van der Waals surface area contributed by atoms with Gasteiger partial charge in [0.25, 0.3) is 11.5 Å². The SMILES string of the molecule is C[C@H](Cc1ccccn1)NC(=O)c1cc(=O)n(-c2ccccc2)[nH]1. The summed E-state index contributed by atoms with van der Waals surface area (Å²) in [6.45, 7) is 1.90. The number of hydrogen-bond donors (Lipinski definition) is 2. The predicted molar refractivity (Wildman–Crippen MR) is 91.3 cm³/mol. The van der Waals surface area contributed by atoms with Crippen LogP contribution in [0.2, 0.25) is 0 Å². The molecule has 6 nitrogen and oxygen atoms in total. The van der Waals surface area contributed by atoms with E-state index in [-0.39, 0.29) is 23.2 Å². The van der Waals surface area contributed by atoms with Crippen LogP contribution in [0.5, 0.6) is 0 Å². The Morgan fingerprint density at radius 1 is 1.21 bits per heavy atom. The number of para-hydroxylation sites is 1. The lowest BCUT2D eigenvalue weighted by Crippen LogP contribution is -2.34. The van der Waals surface area contributed by atoms with Crippen LogP contribution < -0.4 is 10.9 Å². The van der Waals surface area contributed by atoms with Crippen molar-refractivity contribution in [1.82, 2.24) is 20.1 Å². The van der Waals surface area contributed by atoms with E-state index in [4.69, 9.17) is 0 Å². The van der Waals surface area contributed by atoms with Crippen LogP contribution in [0, 0.1) is 0 Å². The summed E-state index contributed by atoms with van der Waals surface area (Å²) in [7, 11) is 0. The molecule has 0 fully saturated rings. The monoisotopic (exact) mass is 322 g/mol. The molecular weight excluding hydrogens is 304 g/mol. The first-order chi connectivity index (χ1) is 11.6. The number of hydrogen-bond acceptors (Lipinski definition) is 3. The van der Waals surface area contributed by atoms with Crippen LogP contribution in [0.25, 0.3) is 5.69 Å². The number of nitrogens with one attached hydrogen (secondary N) is 2. The van der Waals surface area contributed by atoms with Crippen LogP contribution in [0.4, 0.5) is 0 Å². The molecule has 1 atom stereocenters. The number of carbonyl (C=O) groups is 1. The number of nitrogens with zero attached hydrogens (tertiary/aromatic N) is 2. The lowest BCUT2D eigenvalue weighted by molar-refractivity contribution is 0.0934. The fraction of sp³-hybridized carbons (Fsp3) is 0.167. The van der Waals surface area contributed by atoms with Gasteiger partial charge in [-0.25, -0.2) is 4.68 Å². The highest BCUT2D eigenvalue weighted by Crippen LogP contribution is 2.04. The molecule has 0 saturated heterocycles. The van der Waals surface area contributed by atoms with Crippen molar-refractivity contribution in [1.29, 1.82) is 0 Å². The summed E-state index contributed by atoms with van der Waals surface area (Å²) in [6.07, 6.45) is 2.34. The number of carbonyl (C=O) groups excluding carboxylic acids is 1. The average Bonchev–Trinajstić information content (AvgIpc) is 2.98. The smallest absolute Gasteiger partial charge is 0.271 e. The van der Waals surface area contributed by atoms with Gasteiger partial charge in [-0.1, -0.05) is 24.3 Å². The van der Waals surface area contributed by atoms with E-state index in [2.05, 4.69) is 15.4 Å². The molecule has 0 radical (unpaired) electrons. The number of amides is 1. The quantitative estimate of drug-likeness (QED) is 0.753. The van der Waals surface area contributed by atoms with Crippen LogP contribution >= 0.6 is 0 Å². The number of pyridine rings is 1. The van der Waals surface area contributed by atoms with E-state index >= 15 is 0 Å². The van der Waals surface area contributed by atoms with E-state index in [1.54, 1.807) is 18.3 Å². The molecule has 3 rings (SSSR count). The molecule has 6 heteroatoms. The molecule has 2 aromatic heterocycles. The number of H-pyrrole nitrogens is 1. The van der Waals surface area contributed by atoms with E-state index in [1.807, 2.05) is 43.3 Å². The number of aromatic amines is 1. The Morgan fingerprint density at radius 2 is 1.96 bits per heavy atom. The Kier molecular flexibility index (Phi) is 4.56. The molecule has 2 heterocycles. The fourth-order valence-corrected chi connectivity index (χ4v) is 2.47. The Balaban J connectivity index is 1.71. The first-order valence-corrected chi connectivity index (χ1v) is 7.72. The third kappa shape index (κ3) is 3.60. The van der Waals surface area contributed by atoms with Crippen molar-refractivity contribution in [2.75, 3.05) is 0 Å². The third-order valence-corrected chi connectivity index (χ3v) is 3.60. The van der Waals surface area contributed by atoms with Gasteiger partial charge in [-0.15, -0.1) is 0 Å². The van der Waals surface area contributed by atoms with Gasteiger partial charge in [-0.05, 0) is 31.2 Å². The molecule has 24 heavy (non-hydrogen) atoms. The summed E-state index contributed by atoms with van der Waals surface area (Å²) in [5.41, 5.74) is 1.55. The third-order valence-electron chi connectivity index (χ3n) is 3.60. The highest BCUT2D eigenvalue weighted by Gasteiger charge is 2.15. The minimum absolute atomic E-state index is 0.101. The molecule has 122 valence electrons. The highest BCUT2D eigenvalue weighted by atomic mass is 16.2. The normalized spacial score (nSPS) is 11.9. The van der Waals surface area contributed by atoms with Gasteiger partial charge in [0.1, 0.15) is 5.69 Å². The summed E-state index contributed by atoms with van der Waals surface area (Å²) < 4.78 is 1.35. The van der Waals surface area contributed by atoms with E-state index in [0.717, 1.165) is 5.69 Å². The molecule has 0 bridgehead atoms. The van der Waals surface area contributed by atoms with Crippen LogP contribution in [0.1, 0.15) is 23.1 Å². The topological polar surface area (TPSA) is 79.8 Å². The molecule has 1 amide bonds. The molecule has 0 spiro atoms. The first-order valence-electron chi connectivity index (χ1n) is 7.72. The summed E-state index contributed by atoms with van der Waals surface area (Å²) in [5.74, 6) is -0.315. The zero-order valence-electron chi connectivity index (χ0n) is 13.3. The molecule has 1 aromatic carbocycles. The van der Waals surface area contributed by atoms with Gasteiger partial charge in [-0.2, -0.15) is 0 Å². The minimum atomic E-state index is -0.315. The van der Waals surface area contributed by atoms with Crippen molar-refractivity contribution in [2.24, 2.45) is 0 Å². The summed E-state index contributed by atoms with van der Waals surface area (Å²) >= 11 is 0. The molecule has 0 unspecified atom stereocenters. The number of rotatable bonds is 5. The number of benzene rings is 1. The molecule has 0 saturated carbocycles. The average molecular weight is 322 g/mol. The largest absolute Gasteiger partial charge is 0.348 e. The molecule has 0 aliphatic heterocycles. The van der Waals surface area contributed by atoms with Crippen LogP contribution in [0.15, 0.2) is 65.6 Å². The summed E-state index contributed by atoms with van der Waals surface area (Å²) in [4.78, 5) is 28.6. The Labute approximate surface area is 139 Å². The van der Waals surface area contributed by atoms with E-state index in [0.29, 0.717) is 12.1 Å². The second kappa shape index (κ2) is 6.95. The maximum Gasteiger partial charge on any atom is 0.271 e. The first kappa shape index (κ1) is 15.7. The van der Waals surface area contributed by atoms with Crippen molar-refractivity contribution in [2.45, 2.75) is 19.4 Å². The fourth-order valence-electron chi connectivity index (χ4n) is 2.47. The Bertz CT molecular complexity index is 869. The summed E-state index contributed by atoms with van der Waals surface area (Å²) in [5, 5.41) is 5.72. The van der Waals surface area contributed by atoms with Crippen LogP contribution in [-0.4, -0.2) is 26.7 Å². The molecule has 2 N–H and O–H groups in total. The van der Waals surface area contributed by atoms with Crippen molar-refractivity contribution in [3.05, 3.63) is 82.5 Å². The van der Waals surface area contributed by atoms with E-state index in [1.165, 1.54) is 10.7 Å². The Morgan fingerprint density at radius 3 is 2.67 bits per heavy atom. The van der Waals surface area contributed by atoms with Gasteiger partial charge in [0.2, 0.25) is 0 Å². The molecule has 0 aliphatic carbocycles. The predicted octanol–water partition coefficient (Wildman–Crippen LogP) is 1.92. The molecule has 0 aliphatic rings. The van der Waals surface area contributed by atoms with Crippen molar-refractivity contribution in [3.8, 4) is 5.69 Å². The van der Waals surface area contributed by atoms with E-state index < -0.39 is 0 Å². The second-order valence-corrected chi connectivity index (χ2v) is 5.58. The van der Waals surface area contributed by atoms with Gasteiger partial charge >= 0.3 is 0 Å². The van der Waals surface area contributed by atoms with Crippen LogP contribution in [0.3, 0.4) is 0 Å². The Hall–Kier alpha value is -3.15. The highest BCUT2D eigenvalue weighted by molar-refractivity contribution is 5.92. The standard InChI is InChI=1S/C18H18N4O2/c1-13(11-14-7-5-6-10-19-14)20-18(24)16-12-17(23)22(21-16)15-8-3-2-4-9-15/h2-10,12-13,21H,11H2,1H3,(H,20,24)/t13-/m1/s1. The lowest BCUT2D eigenvalue weighted by atomic mass is 10.1. The van der Waals surface area contributed by atoms with Gasteiger partial charge in [0.05, 0.1) is 5.69 Å². The van der Waals surface area contributed by atoms with Gasteiger partial charge in [0.15, 0.2) is 0 Å². The van der Waals surface area contributed by atoms with Crippen molar-refractivity contribution in [3.63, 3.8) is 0 Å². The van der Waals surface area contributed by atoms with Gasteiger partial charge < -0.3 is 5.32 Å². The van der Waals surface area contributed by atoms with Crippen molar-refractivity contribution >= 4 is 5.91 Å². The minimum Gasteiger partial charge on any atom is -0.348 e. The van der Waals surface area contributed by atoms with Gasteiger partial charge in [0, 0.05) is 30.4 Å². The van der Waals surface area contributed by atoms with Gasteiger partial charge in [-0.3, -0.25) is 19.7 Å². The zero-order chi connectivity index (χ0) is 16.9. The number of aromatic nitrogens is 3.